The lowest BCUT2D eigenvalue weighted by Gasteiger charge is -2.15. The van der Waals surface area contributed by atoms with Crippen molar-refractivity contribution in [3.63, 3.8) is 0 Å². The Kier molecular flexibility index (Phi) is 7.03. The Balaban J connectivity index is 2.14. The lowest BCUT2D eigenvalue weighted by Crippen LogP contribution is -2.17. The summed E-state index contributed by atoms with van der Waals surface area (Å²) >= 11 is 6.00. The number of rotatable bonds is 5. The maximum absolute atomic E-state index is 15.4. The Labute approximate surface area is 196 Å². The number of nitriles is 1. The fraction of sp³-hybridized carbons (Fsp3) is 0.0833. The van der Waals surface area contributed by atoms with Gasteiger partial charge in [0.05, 0.1) is 51.7 Å². The average molecular weight is 487 g/mol. The molecule has 0 radical (unpaired) electrons. The summed E-state index contributed by atoms with van der Waals surface area (Å²) in [7, 11) is 1.01. The summed E-state index contributed by atoms with van der Waals surface area (Å²) in [5.41, 5.74) is -2.67. The molecule has 1 amide bonds. The maximum atomic E-state index is 15.4. The lowest BCUT2D eigenvalue weighted by atomic mass is 9.96. The van der Waals surface area contributed by atoms with Crippen molar-refractivity contribution in [3.05, 3.63) is 87.2 Å². The fourth-order valence-electron chi connectivity index (χ4n) is 3.23. The third-order valence-corrected chi connectivity index (χ3v) is 5.15. The SMILES string of the molecule is COC(=O)c1cc(-c2c(F)cc(NC(=O)c3cc(C#N)ccc3Cl)c(C(C)=O)c2F)ccc1F. The third-order valence-electron chi connectivity index (χ3n) is 4.82. The number of amides is 1. The highest BCUT2D eigenvalue weighted by Crippen LogP contribution is 2.34. The standard InChI is InChI=1S/C24H14ClF3N2O4/c1-11(31)20-19(30-23(32)14-7-12(10-29)3-5-16(14)25)9-18(27)21(22(20)28)13-4-6-17(26)15(8-13)24(33)34-2/h3-9H,1-2H3,(H,30,32). The van der Waals surface area contributed by atoms with E-state index in [9.17, 15) is 18.8 Å². The molecule has 0 spiro atoms. The van der Waals surface area contributed by atoms with Crippen LogP contribution in [-0.2, 0) is 4.74 Å². The predicted octanol–water partition coefficient (Wildman–Crippen LogP) is 5.54. The highest BCUT2D eigenvalue weighted by atomic mass is 35.5. The molecule has 172 valence electrons. The van der Waals surface area contributed by atoms with Gasteiger partial charge in [-0.1, -0.05) is 17.7 Å². The van der Waals surface area contributed by atoms with Gasteiger partial charge in [-0.2, -0.15) is 5.26 Å². The molecule has 0 heterocycles. The molecule has 34 heavy (non-hydrogen) atoms. The van der Waals surface area contributed by atoms with Crippen LogP contribution >= 0.6 is 11.6 Å². The lowest BCUT2D eigenvalue weighted by molar-refractivity contribution is 0.0595. The molecule has 10 heteroatoms. The normalized spacial score (nSPS) is 10.4. The van der Waals surface area contributed by atoms with Crippen molar-refractivity contribution in [2.24, 2.45) is 0 Å². The van der Waals surface area contributed by atoms with E-state index in [-0.39, 0.29) is 21.7 Å². The molecule has 0 fully saturated rings. The van der Waals surface area contributed by atoms with Crippen molar-refractivity contribution in [3.8, 4) is 17.2 Å². The number of esters is 1. The highest BCUT2D eigenvalue weighted by molar-refractivity contribution is 6.34. The molecule has 1 N–H and O–H groups in total. The number of halogens is 4. The van der Waals surface area contributed by atoms with Gasteiger partial charge in [0.2, 0.25) is 0 Å². The number of carbonyl (C=O) groups is 3. The molecule has 0 aliphatic carbocycles. The number of hydrogen-bond donors (Lipinski definition) is 1. The summed E-state index contributed by atoms with van der Waals surface area (Å²) in [6, 6.07) is 9.15. The zero-order valence-corrected chi connectivity index (χ0v) is 18.4. The van der Waals surface area contributed by atoms with E-state index in [1.165, 1.54) is 18.2 Å². The number of hydrogen-bond acceptors (Lipinski definition) is 5. The van der Waals surface area contributed by atoms with E-state index in [1.54, 1.807) is 0 Å². The molecule has 0 atom stereocenters. The fourth-order valence-corrected chi connectivity index (χ4v) is 3.44. The quantitative estimate of drug-likeness (QED) is 0.377. The predicted molar refractivity (Wildman–Crippen MR) is 117 cm³/mol. The second-order valence-electron chi connectivity index (χ2n) is 6.97. The number of ether oxygens (including phenoxy) is 1. The van der Waals surface area contributed by atoms with Crippen molar-refractivity contribution in [2.45, 2.75) is 6.92 Å². The molecule has 0 aliphatic rings. The largest absolute Gasteiger partial charge is 0.465 e. The van der Waals surface area contributed by atoms with E-state index in [2.05, 4.69) is 10.1 Å². The smallest absolute Gasteiger partial charge is 0.340 e. The summed E-state index contributed by atoms with van der Waals surface area (Å²) in [6.07, 6.45) is 0. The van der Waals surface area contributed by atoms with Gasteiger partial charge < -0.3 is 10.1 Å². The van der Waals surface area contributed by atoms with Crippen LogP contribution in [0.15, 0.2) is 42.5 Å². The summed E-state index contributed by atoms with van der Waals surface area (Å²) < 4.78 is 48.9. The third kappa shape index (κ3) is 4.63. The van der Waals surface area contributed by atoms with Crippen LogP contribution in [-0.4, -0.2) is 24.8 Å². The van der Waals surface area contributed by atoms with Gasteiger partial charge in [0.15, 0.2) is 5.78 Å². The zero-order chi connectivity index (χ0) is 25.2. The van der Waals surface area contributed by atoms with E-state index in [4.69, 9.17) is 16.9 Å². The second kappa shape index (κ2) is 9.77. The van der Waals surface area contributed by atoms with Gasteiger partial charge >= 0.3 is 5.97 Å². The first-order chi connectivity index (χ1) is 16.1. The molecule has 0 bridgehead atoms. The van der Waals surface area contributed by atoms with Crippen molar-refractivity contribution in [1.82, 2.24) is 0 Å². The zero-order valence-electron chi connectivity index (χ0n) is 17.6. The Hall–Kier alpha value is -4.16. The van der Waals surface area contributed by atoms with Crippen molar-refractivity contribution in [2.75, 3.05) is 12.4 Å². The minimum atomic E-state index is -1.33. The van der Waals surface area contributed by atoms with Gasteiger partial charge in [0.1, 0.15) is 17.5 Å². The molecule has 3 rings (SSSR count). The van der Waals surface area contributed by atoms with E-state index in [0.29, 0.717) is 0 Å². The van der Waals surface area contributed by atoms with E-state index in [1.807, 2.05) is 6.07 Å². The van der Waals surface area contributed by atoms with Crippen LogP contribution in [0.1, 0.15) is 43.6 Å². The molecule has 0 saturated carbocycles. The summed E-state index contributed by atoms with van der Waals surface area (Å²) in [6.45, 7) is 1.00. The molecule has 0 aromatic heterocycles. The number of nitrogens with one attached hydrogen (secondary N) is 1. The van der Waals surface area contributed by atoms with Crippen LogP contribution < -0.4 is 5.32 Å². The first-order valence-corrected chi connectivity index (χ1v) is 9.89. The van der Waals surface area contributed by atoms with Crippen LogP contribution in [0.2, 0.25) is 5.02 Å². The number of methoxy groups -OCH3 is 1. The molecular weight excluding hydrogens is 473 g/mol. The van der Waals surface area contributed by atoms with Crippen LogP contribution in [0, 0.1) is 28.8 Å². The molecule has 0 aliphatic heterocycles. The van der Waals surface area contributed by atoms with E-state index in [0.717, 1.165) is 38.3 Å². The first kappa shape index (κ1) is 24.5. The Morgan fingerprint density at radius 2 is 1.71 bits per heavy atom. The summed E-state index contributed by atoms with van der Waals surface area (Å²) in [4.78, 5) is 36.7. The molecular formula is C24H14ClF3N2O4. The van der Waals surface area contributed by atoms with Gasteiger partial charge in [0.25, 0.3) is 5.91 Å². The highest BCUT2D eigenvalue weighted by Gasteiger charge is 2.26. The van der Waals surface area contributed by atoms with Gasteiger partial charge in [-0.3, -0.25) is 9.59 Å². The second-order valence-corrected chi connectivity index (χ2v) is 7.38. The number of anilines is 1. The monoisotopic (exact) mass is 486 g/mol. The number of carbonyl (C=O) groups excluding carboxylic acids is 3. The Morgan fingerprint density at radius 3 is 2.32 bits per heavy atom. The topological polar surface area (TPSA) is 96.3 Å². The summed E-state index contributed by atoms with van der Waals surface area (Å²) in [5.74, 6) is -6.32. The van der Waals surface area contributed by atoms with Gasteiger partial charge in [-0.05, 0) is 48.9 Å². The van der Waals surface area contributed by atoms with E-state index < -0.39 is 57.5 Å². The Morgan fingerprint density at radius 1 is 1.00 bits per heavy atom. The van der Waals surface area contributed by atoms with Crippen molar-refractivity contribution in [1.29, 1.82) is 5.26 Å². The Bertz CT molecular complexity index is 1400. The van der Waals surface area contributed by atoms with Gasteiger partial charge in [-0.25, -0.2) is 18.0 Å². The van der Waals surface area contributed by atoms with E-state index >= 15 is 8.78 Å². The van der Waals surface area contributed by atoms with Crippen LogP contribution in [0.3, 0.4) is 0 Å². The number of Topliss-reactive ketones (excluding diaryl/α,β-unsaturated/α-hetero) is 1. The van der Waals surface area contributed by atoms with Crippen molar-refractivity contribution < 1.29 is 32.3 Å². The number of nitrogens with zero attached hydrogens (tertiary/aromatic N) is 1. The molecule has 6 nitrogen and oxygen atoms in total. The maximum Gasteiger partial charge on any atom is 0.340 e. The summed E-state index contributed by atoms with van der Waals surface area (Å²) in [5, 5.41) is 11.2. The van der Waals surface area contributed by atoms with Crippen LogP contribution in [0.5, 0.6) is 0 Å². The minimum Gasteiger partial charge on any atom is -0.465 e. The van der Waals surface area contributed by atoms with Crippen LogP contribution in [0.25, 0.3) is 11.1 Å². The molecule has 3 aromatic carbocycles. The average Bonchev–Trinajstić information content (AvgIpc) is 2.79. The van der Waals surface area contributed by atoms with Crippen LogP contribution in [0.4, 0.5) is 18.9 Å². The minimum absolute atomic E-state index is 0.0277. The van der Waals surface area contributed by atoms with Crippen molar-refractivity contribution >= 4 is 34.9 Å². The first-order valence-electron chi connectivity index (χ1n) is 9.51. The number of benzene rings is 3. The molecule has 0 unspecified atom stereocenters. The van der Waals surface area contributed by atoms with Gasteiger partial charge in [0, 0.05) is 0 Å². The molecule has 3 aromatic rings. The molecule has 0 saturated heterocycles. The van der Waals surface area contributed by atoms with Gasteiger partial charge in [-0.15, -0.1) is 0 Å². The number of ketones is 1.